The minimum absolute atomic E-state index is 0.0178. The summed E-state index contributed by atoms with van der Waals surface area (Å²) in [7, 11) is 1.60. The molecule has 6 nitrogen and oxygen atoms in total. The molecule has 1 aliphatic heterocycles. The maximum absolute atomic E-state index is 12.4. The van der Waals surface area contributed by atoms with Gasteiger partial charge in [0.15, 0.2) is 0 Å². The molecule has 0 fully saturated rings. The summed E-state index contributed by atoms with van der Waals surface area (Å²) in [4.78, 5) is 14.5. The Hall–Kier alpha value is -2.60. The summed E-state index contributed by atoms with van der Waals surface area (Å²) in [6, 6.07) is 7.44. The number of ether oxygens (including phenoxy) is 1. The van der Waals surface area contributed by atoms with Gasteiger partial charge in [0, 0.05) is 24.8 Å². The van der Waals surface area contributed by atoms with E-state index < -0.39 is 0 Å². The van der Waals surface area contributed by atoms with E-state index in [4.69, 9.17) is 4.74 Å². The van der Waals surface area contributed by atoms with Gasteiger partial charge in [0.05, 0.1) is 31.1 Å². The van der Waals surface area contributed by atoms with Crippen LogP contribution in [0.4, 0.5) is 5.69 Å². The summed E-state index contributed by atoms with van der Waals surface area (Å²) in [6.07, 6.45) is 7.15. The van der Waals surface area contributed by atoms with E-state index in [1.165, 1.54) is 11.1 Å². The fourth-order valence-electron chi connectivity index (χ4n) is 3.11. The van der Waals surface area contributed by atoms with Crippen LogP contribution in [0.5, 0.6) is 5.75 Å². The Labute approximate surface area is 160 Å². The second kappa shape index (κ2) is 7.96. The van der Waals surface area contributed by atoms with Crippen molar-refractivity contribution in [2.75, 3.05) is 32.1 Å². The van der Waals surface area contributed by atoms with Crippen LogP contribution in [-0.2, 0) is 10.3 Å². The van der Waals surface area contributed by atoms with Crippen molar-refractivity contribution in [1.82, 2.24) is 14.7 Å². The third-order valence-electron chi connectivity index (χ3n) is 4.68. The molecule has 0 aliphatic carbocycles. The van der Waals surface area contributed by atoms with E-state index in [0.29, 0.717) is 18.0 Å². The monoisotopic (exact) mass is 368 g/mol. The number of nitrogens with zero attached hydrogens (tertiary/aromatic N) is 3. The zero-order valence-electron chi connectivity index (χ0n) is 16.5. The van der Waals surface area contributed by atoms with Crippen molar-refractivity contribution in [3.8, 4) is 5.75 Å². The Morgan fingerprint density at radius 3 is 2.70 bits per heavy atom. The number of anilines is 1. The lowest BCUT2D eigenvalue weighted by atomic mass is 10.0. The van der Waals surface area contributed by atoms with Gasteiger partial charge in [-0.05, 0) is 44.9 Å². The van der Waals surface area contributed by atoms with Gasteiger partial charge in [-0.2, -0.15) is 5.10 Å². The normalized spacial score (nSPS) is 15.3. The van der Waals surface area contributed by atoms with Gasteiger partial charge in [0.2, 0.25) is 5.91 Å². The van der Waals surface area contributed by atoms with E-state index in [0.717, 1.165) is 19.5 Å². The van der Waals surface area contributed by atoms with Crippen molar-refractivity contribution < 1.29 is 9.53 Å². The van der Waals surface area contributed by atoms with Crippen molar-refractivity contribution in [1.29, 1.82) is 0 Å². The number of nitrogens with one attached hydrogen (secondary N) is 1. The molecule has 27 heavy (non-hydrogen) atoms. The van der Waals surface area contributed by atoms with Gasteiger partial charge in [-0.1, -0.05) is 18.2 Å². The van der Waals surface area contributed by atoms with Gasteiger partial charge < -0.3 is 10.1 Å². The molecule has 1 aliphatic rings. The summed E-state index contributed by atoms with van der Waals surface area (Å²) < 4.78 is 7.28. The molecule has 1 amide bonds. The highest BCUT2D eigenvalue weighted by Crippen LogP contribution is 2.25. The first kappa shape index (κ1) is 19.2. The van der Waals surface area contributed by atoms with Crippen LogP contribution >= 0.6 is 0 Å². The second-order valence-corrected chi connectivity index (χ2v) is 7.81. The van der Waals surface area contributed by atoms with Crippen molar-refractivity contribution in [3.63, 3.8) is 0 Å². The smallest absolute Gasteiger partial charge is 0.238 e. The molecule has 2 aromatic rings. The zero-order chi connectivity index (χ0) is 19.4. The lowest BCUT2D eigenvalue weighted by Gasteiger charge is -2.25. The molecule has 6 heteroatoms. The fourth-order valence-corrected chi connectivity index (χ4v) is 3.11. The minimum atomic E-state index is -0.0306. The van der Waals surface area contributed by atoms with E-state index >= 15 is 0 Å². The number of hydrogen-bond acceptors (Lipinski definition) is 4. The zero-order valence-corrected chi connectivity index (χ0v) is 16.5. The van der Waals surface area contributed by atoms with Crippen molar-refractivity contribution in [3.05, 3.63) is 48.3 Å². The van der Waals surface area contributed by atoms with Crippen molar-refractivity contribution in [2.24, 2.45) is 0 Å². The first-order valence-electron chi connectivity index (χ1n) is 9.26. The Kier molecular flexibility index (Phi) is 5.65. The minimum Gasteiger partial charge on any atom is -0.495 e. The number of methoxy groups -OCH3 is 1. The lowest BCUT2D eigenvalue weighted by Crippen LogP contribution is -2.36. The number of hydrogen-bond donors (Lipinski definition) is 1. The predicted octanol–water partition coefficient (Wildman–Crippen LogP) is 3.37. The number of amides is 1. The van der Waals surface area contributed by atoms with Gasteiger partial charge in [-0.25, -0.2) is 0 Å². The molecule has 1 aromatic carbocycles. The van der Waals surface area contributed by atoms with E-state index in [9.17, 15) is 4.79 Å². The van der Waals surface area contributed by atoms with Gasteiger partial charge in [0.1, 0.15) is 5.75 Å². The molecule has 2 heterocycles. The van der Waals surface area contributed by atoms with Crippen LogP contribution in [0.1, 0.15) is 32.8 Å². The standard InChI is InChI=1S/C21H28N4O2/c1-21(2,3)25-14-17(13-22-25)16-9-11-24(12-10-16)15-20(26)23-18-7-5-6-8-19(18)27-4/h5-9,13-14H,10-12,15H2,1-4H3,(H,23,26). The van der Waals surface area contributed by atoms with E-state index in [1.54, 1.807) is 7.11 Å². The Balaban J connectivity index is 1.57. The Morgan fingerprint density at radius 2 is 2.07 bits per heavy atom. The first-order chi connectivity index (χ1) is 12.9. The molecule has 144 valence electrons. The first-order valence-corrected chi connectivity index (χ1v) is 9.26. The maximum atomic E-state index is 12.4. The van der Waals surface area contributed by atoms with Crippen LogP contribution in [0.3, 0.4) is 0 Å². The molecule has 0 spiro atoms. The highest BCUT2D eigenvalue weighted by atomic mass is 16.5. The molecular weight excluding hydrogens is 340 g/mol. The number of carbonyl (C=O) groups is 1. The van der Waals surface area contributed by atoms with Gasteiger partial charge in [0.25, 0.3) is 0 Å². The van der Waals surface area contributed by atoms with Crippen molar-refractivity contribution >= 4 is 17.2 Å². The summed E-state index contributed by atoms with van der Waals surface area (Å²) >= 11 is 0. The Morgan fingerprint density at radius 1 is 1.30 bits per heavy atom. The number of para-hydroxylation sites is 2. The van der Waals surface area contributed by atoms with Crippen molar-refractivity contribution in [2.45, 2.75) is 32.7 Å². The summed E-state index contributed by atoms with van der Waals surface area (Å²) in [5, 5.41) is 7.41. The average molecular weight is 368 g/mol. The van der Waals surface area contributed by atoms with Crippen LogP contribution in [0, 0.1) is 0 Å². The fraction of sp³-hybridized carbons (Fsp3) is 0.429. The van der Waals surface area contributed by atoms with Crippen LogP contribution in [0.2, 0.25) is 0 Å². The van der Waals surface area contributed by atoms with Crippen LogP contribution in [0.15, 0.2) is 42.7 Å². The van der Waals surface area contributed by atoms with Gasteiger partial charge in [-0.15, -0.1) is 0 Å². The molecule has 0 radical (unpaired) electrons. The number of aromatic nitrogens is 2. The third kappa shape index (κ3) is 4.77. The molecule has 1 N–H and O–H groups in total. The number of rotatable bonds is 5. The molecule has 3 rings (SSSR count). The largest absolute Gasteiger partial charge is 0.495 e. The average Bonchev–Trinajstić information content (AvgIpc) is 3.13. The molecule has 0 atom stereocenters. The molecule has 0 unspecified atom stereocenters. The summed E-state index contributed by atoms with van der Waals surface area (Å²) in [5.74, 6) is 0.638. The highest BCUT2D eigenvalue weighted by Gasteiger charge is 2.19. The van der Waals surface area contributed by atoms with Crippen LogP contribution in [-0.4, -0.2) is 47.3 Å². The lowest BCUT2D eigenvalue weighted by molar-refractivity contribution is -0.117. The Bertz CT molecular complexity index is 833. The predicted molar refractivity (Wildman–Crippen MR) is 108 cm³/mol. The molecule has 0 bridgehead atoms. The van der Waals surface area contributed by atoms with Gasteiger partial charge >= 0.3 is 0 Å². The topological polar surface area (TPSA) is 59.4 Å². The van der Waals surface area contributed by atoms with Gasteiger partial charge in [-0.3, -0.25) is 14.4 Å². The number of benzene rings is 1. The third-order valence-corrected chi connectivity index (χ3v) is 4.68. The van der Waals surface area contributed by atoms with E-state index in [2.05, 4.69) is 48.4 Å². The molecule has 1 aromatic heterocycles. The summed E-state index contributed by atoms with van der Waals surface area (Å²) in [5.41, 5.74) is 3.15. The quantitative estimate of drug-likeness (QED) is 0.879. The van der Waals surface area contributed by atoms with E-state index in [1.807, 2.05) is 35.1 Å². The maximum Gasteiger partial charge on any atom is 0.238 e. The van der Waals surface area contributed by atoms with Crippen LogP contribution in [0.25, 0.3) is 5.57 Å². The van der Waals surface area contributed by atoms with E-state index in [-0.39, 0.29) is 11.4 Å². The second-order valence-electron chi connectivity index (χ2n) is 7.81. The highest BCUT2D eigenvalue weighted by molar-refractivity contribution is 5.93. The molecule has 0 saturated carbocycles. The molecular formula is C21H28N4O2. The number of carbonyl (C=O) groups excluding carboxylic acids is 1. The molecule has 0 saturated heterocycles. The van der Waals surface area contributed by atoms with Crippen LogP contribution < -0.4 is 10.1 Å². The SMILES string of the molecule is COc1ccccc1NC(=O)CN1CC=C(c2cnn(C(C)(C)C)c2)CC1. The summed E-state index contributed by atoms with van der Waals surface area (Å²) in [6.45, 7) is 8.40.